The third-order valence-electron chi connectivity index (χ3n) is 1.54. The predicted molar refractivity (Wildman–Crippen MR) is 45.8 cm³/mol. The van der Waals surface area contributed by atoms with Crippen molar-refractivity contribution in [2.75, 3.05) is 11.5 Å². The van der Waals surface area contributed by atoms with E-state index < -0.39 is 5.97 Å². The number of aliphatic carboxylic acids is 1. The maximum absolute atomic E-state index is 10.5. The lowest BCUT2D eigenvalue weighted by molar-refractivity contribution is -0.141. The Hall–Kier alpha value is 0.170. The minimum Gasteiger partial charge on any atom is -0.481 e. The Morgan fingerprint density at radius 1 is 1.60 bits per heavy atom. The van der Waals surface area contributed by atoms with Crippen LogP contribution in [0.3, 0.4) is 0 Å². The van der Waals surface area contributed by atoms with Crippen molar-refractivity contribution in [3.8, 4) is 0 Å². The van der Waals surface area contributed by atoms with Crippen molar-refractivity contribution in [1.82, 2.24) is 0 Å². The fourth-order valence-electron chi connectivity index (χ4n) is 0.983. The molecule has 0 saturated carbocycles. The molecule has 1 N–H and O–H groups in total. The van der Waals surface area contributed by atoms with Gasteiger partial charge in [0.15, 0.2) is 0 Å². The van der Waals surface area contributed by atoms with E-state index in [0.717, 1.165) is 17.9 Å². The van der Waals surface area contributed by atoms with Crippen LogP contribution < -0.4 is 0 Å². The molecule has 0 bridgehead atoms. The number of thiol groups is 1. The smallest absolute Gasteiger partial charge is 0.307 e. The molecule has 58 valence electrons. The van der Waals surface area contributed by atoms with Crippen molar-refractivity contribution in [3.63, 3.8) is 0 Å². The summed E-state index contributed by atoms with van der Waals surface area (Å²) >= 11 is 5.91. The summed E-state index contributed by atoms with van der Waals surface area (Å²) in [6, 6.07) is 0. The largest absolute Gasteiger partial charge is 0.481 e. The third kappa shape index (κ3) is 2.09. The van der Waals surface area contributed by atoms with Gasteiger partial charge in [0.2, 0.25) is 0 Å². The van der Waals surface area contributed by atoms with Crippen molar-refractivity contribution in [1.29, 1.82) is 0 Å². The lowest BCUT2D eigenvalue weighted by atomic mass is 10.1. The van der Waals surface area contributed by atoms with E-state index in [1.807, 2.05) is 0 Å². The first-order chi connectivity index (χ1) is 4.70. The first-order valence-electron chi connectivity index (χ1n) is 3.18. The van der Waals surface area contributed by atoms with Gasteiger partial charge < -0.3 is 5.11 Å². The highest BCUT2D eigenvalue weighted by Crippen LogP contribution is 2.26. The van der Waals surface area contributed by atoms with Crippen LogP contribution in [0.25, 0.3) is 0 Å². The first kappa shape index (κ1) is 8.27. The lowest BCUT2D eigenvalue weighted by Gasteiger charge is -2.21. The van der Waals surface area contributed by atoms with E-state index in [1.165, 1.54) is 0 Å². The maximum Gasteiger partial charge on any atom is 0.307 e. The highest BCUT2D eigenvalue weighted by Gasteiger charge is 2.24. The molecule has 0 radical (unpaired) electrons. The van der Waals surface area contributed by atoms with Gasteiger partial charge in [-0.3, -0.25) is 4.79 Å². The minimum atomic E-state index is -0.675. The molecule has 1 saturated heterocycles. The zero-order valence-corrected chi connectivity index (χ0v) is 7.20. The lowest BCUT2D eigenvalue weighted by Crippen LogP contribution is -2.26. The van der Waals surface area contributed by atoms with E-state index in [4.69, 9.17) is 5.11 Å². The molecule has 0 aliphatic carbocycles. The summed E-state index contributed by atoms with van der Waals surface area (Å²) in [5.74, 6) is 0.909. The normalized spacial score (nSPS) is 33.7. The standard InChI is InChI=1S/C6H10O2S2/c7-6(8)4-1-5(9)3-10-2-4/h4-5,9H,1-3H2,(H,7,8)/t4-,5+/m1/s1. The summed E-state index contributed by atoms with van der Waals surface area (Å²) < 4.78 is 0. The summed E-state index contributed by atoms with van der Waals surface area (Å²) in [4.78, 5) is 10.5. The SMILES string of the molecule is O=C(O)[C@H]1CSC[C@@H](S)C1. The Labute approximate surface area is 69.8 Å². The van der Waals surface area contributed by atoms with E-state index in [2.05, 4.69) is 12.6 Å². The van der Waals surface area contributed by atoms with E-state index in [9.17, 15) is 4.79 Å². The quantitative estimate of drug-likeness (QED) is 0.591. The Kier molecular flexibility index (Phi) is 2.92. The van der Waals surface area contributed by atoms with E-state index >= 15 is 0 Å². The molecule has 2 atom stereocenters. The van der Waals surface area contributed by atoms with Gasteiger partial charge >= 0.3 is 5.97 Å². The number of carboxylic acid groups (broad SMARTS) is 1. The van der Waals surface area contributed by atoms with Crippen molar-refractivity contribution in [2.45, 2.75) is 11.7 Å². The van der Waals surface area contributed by atoms with Crippen molar-refractivity contribution < 1.29 is 9.90 Å². The van der Waals surface area contributed by atoms with Gasteiger partial charge in [0.25, 0.3) is 0 Å². The van der Waals surface area contributed by atoms with E-state index in [0.29, 0.717) is 0 Å². The van der Waals surface area contributed by atoms with Crippen LogP contribution in [0.1, 0.15) is 6.42 Å². The average Bonchev–Trinajstić information content (AvgIpc) is 1.88. The molecule has 10 heavy (non-hydrogen) atoms. The van der Waals surface area contributed by atoms with Crippen molar-refractivity contribution in [2.24, 2.45) is 5.92 Å². The number of rotatable bonds is 1. The molecule has 2 nitrogen and oxygen atoms in total. The average molecular weight is 178 g/mol. The molecule has 0 aromatic carbocycles. The highest BCUT2D eigenvalue weighted by molar-refractivity contribution is 8.00. The number of thioether (sulfide) groups is 1. The molecule has 0 spiro atoms. The molecule has 1 fully saturated rings. The van der Waals surface area contributed by atoms with Crippen LogP contribution in [0.2, 0.25) is 0 Å². The van der Waals surface area contributed by atoms with E-state index in [1.54, 1.807) is 11.8 Å². The fraction of sp³-hybridized carbons (Fsp3) is 0.833. The van der Waals surface area contributed by atoms with Crippen molar-refractivity contribution >= 4 is 30.4 Å². The predicted octanol–water partition coefficient (Wildman–Crippen LogP) is 1.12. The molecule has 4 heteroatoms. The number of carbonyl (C=O) groups is 1. The van der Waals surface area contributed by atoms with Crippen LogP contribution in [0, 0.1) is 5.92 Å². The Balaban J connectivity index is 2.39. The van der Waals surface area contributed by atoms with Gasteiger partial charge in [-0.15, -0.1) is 0 Å². The van der Waals surface area contributed by atoms with Crippen LogP contribution in [-0.2, 0) is 4.79 Å². The second-order valence-electron chi connectivity index (χ2n) is 2.46. The third-order valence-corrected chi connectivity index (χ3v) is 3.45. The summed E-state index contributed by atoms with van der Waals surface area (Å²) in [6.45, 7) is 0. The molecule has 1 aliphatic rings. The molecule has 0 unspecified atom stereocenters. The van der Waals surface area contributed by atoms with Crippen LogP contribution >= 0.6 is 24.4 Å². The van der Waals surface area contributed by atoms with Gasteiger partial charge in [-0.2, -0.15) is 24.4 Å². The second-order valence-corrected chi connectivity index (χ2v) is 4.27. The number of carboxylic acids is 1. The first-order valence-corrected chi connectivity index (χ1v) is 4.86. The zero-order chi connectivity index (χ0) is 7.56. The zero-order valence-electron chi connectivity index (χ0n) is 5.49. The second kappa shape index (κ2) is 3.53. The van der Waals surface area contributed by atoms with Crippen molar-refractivity contribution in [3.05, 3.63) is 0 Å². The van der Waals surface area contributed by atoms with Crippen LogP contribution in [0.5, 0.6) is 0 Å². The van der Waals surface area contributed by atoms with Gasteiger partial charge in [0.1, 0.15) is 0 Å². The van der Waals surface area contributed by atoms with Gasteiger partial charge in [-0.05, 0) is 6.42 Å². The minimum absolute atomic E-state index is 0.166. The molecular formula is C6H10O2S2. The highest BCUT2D eigenvalue weighted by atomic mass is 32.2. The van der Waals surface area contributed by atoms with E-state index in [-0.39, 0.29) is 11.2 Å². The monoisotopic (exact) mass is 178 g/mol. The number of hydrogen-bond donors (Lipinski definition) is 2. The Bertz CT molecular complexity index is 138. The fourth-order valence-corrected chi connectivity index (χ4v) is 2.66. The van der Waals surface area contributed by atoms with Gasteiger partial charge in [0, 0.05) is 16.8 Å². The van der Waals surface area contributed by atoms with Crippen LogP contribution in [0.15, 0.2) is 0 Å². The van der Waals surface area contributed by atoms with Gasteiger partial charge in [-0.25, -0.2) is 0 Å². The van der Waals surface area contributed by atoms with Crippen LogP contribution in [0.4, 0.5) is 0 Å². The molecule has 1 rings (SSSR count). The molecule has 0 amide bonds. The number of hydrogen-bond acceptors (Lipinski definition) is 3. The molecule has 0 aromatic rings. The van der Waals surface area contributed by atoms with Gasteiger partial charge in [-0.1, -0.05) is 0 Å². The van der Waals surface area contributed by atoms with Gasteiger partial charge in [0.05, 0.1) is 5.92 Å². The topological polar surface area (TPSA) is 37.3 Å². The molecular weight excluding hydrogens is 168 g/mol. The Morgan fingerprint density at radius 2 is 2.30 bits per heavy atom. The summed E-state index contributed by atoms with van der Waals surface area (Å²) in [6.07, 6.45) is 0.728. The maximum atomic E-state index is 10.5. The molecule has 1 heterocycles. The molecule has 1 aliphatic heterocycles. The van der Waals surface area contributed by atoms with Crippen LogP contribution in [-0.4, -0.2) is 27.8 Å². The molecule has 0 aromatic heterocycles. The summed E-state index contributed by atoms with van der Waals surface area (Å²) in [5.41, 5.74) is 0. The summed E-state index contributed by atoms with van der Waals surface area (Å²) in [7, 11) is 0. The summed E-state index contributed by atoms with van der Waals surface area (Å²) in [5, 5.41) is 8.89. The Morgan fingerprint density at radius 3 is 2.70 bits per heavy atom.